The molecule has 2 aromatic heterocycles. The fourth-order valence-corrected chi connectivity index (χ4v) is 4.70. The second kappa shape index (κ2) is 11.3. The zero-order chi connectivity index (χ0) is 26.5. The highest BCUT2D eigenvalue weighted by molar-refractivity contribution is 6.01. The number of allylic oxidation sites excluding steroid dienone is 2. The molecule has 0 spiro atoms. The number of amides is 2. The summed E-state index contributed by atoms with van der Waals surface area (Å²) in [5.41, 5.74) is 2.92. The summed E-state index contributed by atoms with van der Waals surface area (Å²) < 4.78 is 11.0. The average Bonchev–Trinajstić information content (AvgIpc) is 3.36. The maximum atomic E-state index is 13.3. The first kappa shape index (κ1) is 25.2. The number of rotatable bonds is 6. The molecule has 1 fully saturated rings. The number of aldehydes is 1. The van der Waals surface area contributed by atoms with E-state index in [1.54, 1.807) is 12.3 Å². The molecule has 1 saturated heterocycles. The molecule has 2 atom stereocenters. The first-order chi connectivity index (χ1) is 18.6. The molecule has 5 heterocycles. The van der Waals surface area contributed by atoms with E-state index in [0.29, 0.717) is 49.2 Å². The summed E-state index contributed by atoms with van der Waals surface area (Å²) in [6, 6.07) is 5.43. The molecule has 11 nitrogen and oxygen atoms in total. The van der Waals surface area contributed by atoms with Gasteiger partial charge in [-0.2, -0.15) is 5.26 Å². The second-order valence-corrected chi connectivity index (χ2v) is 9.33. The summed E-state index contributed by atoms with van der Waals surface area (Å²) in [5, 5.41) is 15.6. The number of aryl methyl sites for hydroxylation is 1. The number of nitrogens with one attached hydrogen (secondary N) is 2. The Labute approximate surface area is 220 Å². The molecule has 3 aliphatic rings. The Bertz CT molecular complexity index is 1310. The zero-order valence-corrected chi connectivity index (χ0v) is 21.1. The van der Waals surface area contributed by atoms with E-state index in [-0.39, 0.29) is 18.0 Å². The van der Waals surface area contributed by atoms with Gasteiger partial charge in [-0.05, 0) is 50.0 Å². The molecule has 2 N–H and O–H groups in total. The smallest absolute Gasteiger partial charge is 0.328 e. The fraction of sp³-hybridized carbons (Fsp3) is 0.370. The number of carbonyl (C=O) groups excluding carboxylic acids is 2. The summed E-state index contributed by atoms with van der Waals surface area (Å²) >= 11 is 0. The summed E-state index contributed by atoms with van der Waals surface area (Å²) in [4.78, 5) is 37.7. The lowest BCUT2D eigenvalue weighted by atomic mass is 10.0. The van der Waals surface area contributed by atoms with Gasteiger partial charge in [-0.15, -0.1) is 0 Å². The number of nitrogens with zero attached hydrogens (tertiary/aromatic N) is 5. The quantitative estimate of drug-likeness (QED) is 0.554. The lowest BCUT2D eigenvalue weighted by molar-refractivity contribution is 0.0351. The number of hydrogen-bond acceptors (Lipinski definition) is 9. The van der Waals surface area contributed by atoms with Crippen molar-refractivity contribution >= 4 is 29.6 Å². The van der Waals surface area contributed by atoms with Gasteiger partial charge in [-0.3, -0.25) is 15.0 Å². The maximum absolute atomic E-state index is 13.3. The Balaban J connectivity index is 1.35. The van der Waals surface area contributed by atoms with E-state index in [0.717, 1.165) is 36.7 Å². The predicted octanol–water partition coefficient (Wildman–Crippen LogP) is 3.55. The molecule has 2 unspecified atom stereocenters. The predicted molar refractivity (Wildman–Crippen MR) is 140 cm³/mol. The van der Waals surface area contributed by atoms with Crippen molar-refractivity contribution in [1.82, 2.24) is 14.9 Å². The SMILES string of the molecule is CC1OC=CC=CN1Cc1cc2c(nc1C=O)N(C(=O)Nc1cc(NC3CCOC3)c(C#N)cn1)CCC2. The van der Waals surface area contributed by atoms with E-state index < -0.39 is 6.03 Å². The van der Waals surface area contributed by atoms with Gasteiger partial charge in [0.05, 0.1) is 30.2 Å². The van der Waals surface area contributed by atoms with Crippen LogP contribution in [0.3, 0.4) is 0 Å². The second-order valence-electron chi connectivity index (χ2n) is 9.33. The Morgan fingerprint density at radius 1 is 1.34 bits per heavy atom. The number of ether oxygens (including phenoxy) is 2. The van der Waals surface area contributed by atoms with Crippen molar-refractivity contribution in [2.45, 2.75) is 45.0 Å². The average molecular weight is 516 g/mol. The van der Waals surface area contributed by atoms with E-state index >= 15 is 0 Å². The summed E-state index contributed by atoms with van der Waals surface area (Å²) in [5.74, 6) is 0.775. The number of aromatic nitrogens is 2. The van der Waals surface area contributed by atoms with Gasteiger partial charge in [0.2, 0.25) is 0 Å². The monoisotopic (exact) mass is 515 g/mol. The van der Waals surface area contributed by atoms with Crippen LogP contribution in [0.5, 0.6) is 0 Å². The van der Waals surface area contributed by atoms with Crippen LogP contribution in [0.4, 0.5) is 22.1 Å². The van der Waals surface area contributed by atoms with E-state index in [1.807, 2.05) is 36.2 Å². The Morgan fingerprint density at radius 3 is 3.03 bits per heavy atom. The van der Waals surface area contributed by atoms with Crippen molar-refractivity contribution in [3.8, 4) is 6.07 Å². The Morgan fingerprint density at radius 2 is 2.24 bits per heavy atom. The van der Waals surface area contributed by atoms with Gasteiger partial charge in [0.15, 0.2) is 12.5 Å². The minimum atomic E-state index is -0.404. The largest absolute Gasteiger partial charge is 0.478 e. The molecule has 0 aromatic carbocycles. The number of urea groups is 1. The van der Waals surface area contributed by atoms with E-state index in [4.69, 9.17) is 9.47 Å². The van der Waals surface area contributed by atoms with Crippen molar-refractivity contribution in [3.05, 3.63) is 65.3 Å². The van der Waals surface area contributed by atoms with Crippen LogP contribution >= 0.6 is 0 Å². The first-order valence-electron chi connectivity index (χ1n) is 12.6. The van der Waals surface area contributed by atoms with Crippen molar-refractivity contribution in [1.29, 1.82) is 5.26 Å². The number of fused-ring (bicyclic) bond motifs is 1. The Hall–Kier alpha value is -4.43. The molecule has 2 aromatic rings. The number of carbonyl (C=O) groups is 2. The zero-order valence-electron chi connectivity index (χ0n) is 21.1. The molecule has 2 amide bonds. The highest BCUT2D eigenvalue weighted by atomic mass is 16.5. The van der Waals surface area contributed by atoms with Gasteiger partial charge in [-0.25, -0.2) is 14.8 Å². The molecule has 11 heteroatoms. The third kappa shape index (κ3) is 5.45. The summed E-state index contributed by atoms with van der Waals surface area (Å²) in [7, 11) is 0. The van der Waals surface area contributed by atoms with Crippen molar-refractivity contribution in [2.75, 3.05) is 35.3 Å². The van der Waals surface area contributed by atoms with Crippen LogP contribution in [0.15, 0.2) is 42.9 Å². The van der Waals surface area contributed by atoms with Crippen LogP contribution in [0.25, 0.3) is 0 Å². The van der Waals surface area contributed by atoms with Crippen LogP contribution in [-0.4, -0.2) is 59.2 Å². The highest BCUT2D eigenvalue weighted by Crippen LogP contribution is 2.29. The number of anilines is 3. The van der Waals surface area contributed by atoms with E-state index in [2.05, 4.69) is 26.7 Å². The van der Waals surface area contributed by atoms with Gasteiger partial charge in [0.25, 0.3) is 0 Å². The van der Waals surface area contributed by atoms with Crippen LogP contribution in [-0.2, 0) is 22.4 Å². The third-order valence-corrected chi connectivity index (χ3v) is 6.74. The maximum Gasteiger partial charge on any atom is 0.328 e. The molecular formula is C27H29N7O4. The minimum Gasteiger partial charge on any atom is -0.478 e. The van der Waals surface area contributed by atoms with Crippen LogP contribution in [0, 0.1) is 11.3 Å². The van der Waals surface area contributed by atoms with Gasteiger partial charge in [0.1, 0.15) is 23.4 Å². The Kier molecular flexibility index (Phi) is 7.51. The molecule has 0 bridgehead atoms. The fourth-order valence-electron chi connectivity index (χ4n) is 4.70. The molecule has 0 aliphatic carbocycles. The van der Waals surface area contributed by atoms with Crippen molar-refractivity contribution in [2.24, 2.45) is 0 Å². The lowest BCUT2D eigenvalue weighted by Gasteiger charge is -2.30. The van der Waals surface area contributed by atoms with Gasteiger partial charge >= 0.3 is 6.03 Å². The summed E-state index contributed by atoms with van der Waals surface area (Å²) in [6.45, 7) is 4.05. The van der Waals surface area contributed by atoms with Crippen molar-refractivity contribution < 1.29 is 19.1 Å². The summed E-state index contributed by atoms with van der Waals surface area (Å²) in [6.07, 6.45) is 11.5. The lowest BCUT2D eigenvalue weighted by Crippen LogP contribution is -2.40. The molecule has 3 aliphatic heterocycles. The molecule has 196 valence electrons. The highest BCUT2D eigenvalue weighted by Gasteiger charge is 2.27. The molecule has 0 saturated carbocycles. The van der Waals surface area contributed by atoms with E-state index in [9.17, 15) is 14.9 Å². The number of pyridine rings is 2. The van der Waals surface area contributed by atoms with Gasteiger partial charge in [0, 0.05) is 43.7 Å². The van der Waals surface area contributed by atoms with Crippen LogP contribution in [0.1, 0.15) is 46.9 Å². The van der Waals surface area contributed by atoms with E-state index in [1.165, 1.54) is 11.1 Å². The van der Waals surface area contributed by atoms with Crippen LogP contribution in [0.2, 0.25) is 0 Å². The number of hydrogen-bond donors (Lipinski definition) is 2. The third-order valence-electron chi connectivity index (χ3n) is 6.74. The number of nitriles is 1. The van der Waals surface area contributed by atoms with Gasteiger partial charge in [-0.1, -0.05) is 0 Å². The van der Waals surface area contributed by atoms with Gasteiger partial charge < -0.3 is 19.7 Å². The molecule has 5 rings (SSSR count). The standard InChI is InChI=1S/C27H29N7O4/c1-18-33(7-2-3-9-38-18)15-20-11-19-5-4-8-34(26(19)31-24(20)16-35)27(36)32-25-12-23(21(13-28)14-29-25)30-22-6-10-37-17-22/h2-3,7,9,11-12,14,16,18,22H,4-6,8,10,15,17H2,1H3,(H2,29,30,32,36). The normalized spacial score (nSPS) is 20.2. The van der Waals surface area contributed by atoms with Crippen molar-refractivity contribution in [3.63, 3.8) is 0 Å². The first-order valence-corrected chi connectivity index (χ1v) is 12.6. The molecule has 38 heavy (non-hydrogen) atoms. The topological polar surface area (TPSA) is 133 Å². The van der Waals surface area contributed by atoms with Crippen LogP contribution < -0.4 is 15.5 Å². The molecule has 0 radical (unpaired) electrons. The molecular weight excluding hydrogens is 486 g/mol. The minimum absolute atomic E-state index is 0.0952.